The monoisotopic (exact) mass is 229 g/mol. The van der Waals surface area contributed by atoms with Crippen LogP contribution in [-0.2, 0) is 11.6 Å². The molecule has 0 spiro atoms. The zero-order valence-electron chi connectivity index (χ0n) is 9.44. The van der Waals surface area contributed by atoms with Gasteiger partial charge in [0.1, 0.15) is 0 Å². The van der Waals surface area contributed by atoms with Crippen molar-refractivity contribution in [1.82, 2.24) is 0 Å². The summed E-state index contributed by atoms with van der Waals surface area (Å²) in [6.07, 6.45) is -4.27. The molecule has 0 saturated heterocycles. The summed E-state index contributed by atoms with van der Waals surface area (Å²) >= 11 is 0. The molecule has 0 fully saturated rings. The molecule has 2 rings (SSSR count). The molecule has 1 heterocycles. The Morgan fingerprint density at radius 3 is 2.44 bits per heavy atom. The van der Waals surface area contributed by atoms with Crippen molar-refractivity contribution in [3.05, 3.63) is 29.3 Å². The number of alkyl halides is 3. The van der Waals surface area contributed by atoms with Gasteiger partial charge in [0.15, 0.2) is 0 Å². The Morgan fingerprint density at radius 2 is 1.88 bits per heavy atom. The third kappa shape index (κ3) is 1.56. The van der Waals surface area contributed by atoms with Crippen LogP contribution in [0.15, 0.2) is 18.2 Å². The van der Waals surface area contributed by atoms with Crippen LogP contribution in [0.2, 0.25) is 0 Å². The van der Waals surface area contributed by atoms with Crippen molar-refractivity contribution in [2.75, 3.05) is 5.32 Å². The van der Waals surface area contributed by atoms with E-state index in [0.717, 1.165) is 17.3 Å². The minimum atomic E-state index is -4.27. The second-order valence-corrected chi connectivity index (χ2v) is 4.85. The van der Waals surface area contributed by atoms with Crippen molar-refractivity contribution < 1.29 is 13.2 Å². The zero-order valence-corrected chi connectivity index (χ0v) is 9.44. The summed E-state index contributed by atoms with van der Waals surface area (Å²) in [5, 5.41) is 3.20. The van der Waals surface area contributed by atoms with E-state index in [1.54, 1.807) is 0 Å². The van der Waals surface area contributed by atoms with Gasteiger partial charge >= 0.3 is 6.18 Å². The molecule has 1 aromatic carbocycles. The van der Waals surface area contributed by atoms with E-state index in [9.17, 15) is 13.2 Å². The summed E-state index contributed by atoms with van der Waals surface area (Å²) < 4.78 is 37.8. The maximum atomic E-state index is 12.6. The highest BCUT2D eigenvalue weighted by Gasteiger charge is 2.39. The molecule has 0 saturated carbocycles. The highest BCUT2D eigenvalue weighted by molar-refractivity contribution is 5.62. The fraction of sp³-hybridized carbons (Fsp3) is 0.500. The fourth-order valence-corrected chi connectivity index (χ4v) is 2.03. The summed E-state index contributed by atoms with van der Waals surface area (Å²) in [5.41, 5.74) is 0.715. The van der Waals surface area contributed by atoms with Crippen LogP contribution in [0.3, 0.4) is 0 Å². The van der Waals surface area contributed by atoms with Gasteiger partial charge in [0, 0.05) is 17.1 Å². The van der Waals surface area contributed by atoms with E-state index >= 15 is 0 Å². The number of halogens is 3. The number of hydrogen-bond acceptors (Lipinski definition) is 1. The molecular formula is C12H14F3N. The molecule has 0 unspecified atom stereocenters. The second-order valence-electron chi connectivity index (χ2n) is 4.85. The number of rotatable bonds is 0. The molecule has 0 radical (unpaired) electrons. The summed E-state index contributed by atoms with van der Waals surface area (Å²) in [6, 6.07) is 4.04. The van der Waals surface area contributed by atoms with Crippen LogP contribution >= 0.6 is 0 Å². The minimum Gasteiger partial charge on any atom is -0.381 e. The standard InChI is InChI=1S/C12H14F3N/c1-7-11(2,3)9-6-8(12(13,14)15)4-5-10(9)16-7/h4-7,16H,1-3H3/t7-/m0/s1. The van der Waals surface area contributed by atoms with E-state index in [4.69, 9.17) is 0 Å². The smallest absolute Gasteiger partial charge is 0.381 e. The molecule has 1 aliphatic rings. The van der Waals surface area contributed by atoms with Crippen LogP contribution in [0, 0.1) is 0 Å². The highest BCUT2D eigenvalue weighted by atomic mass is 19.4. The quantitative estimate of drug-likeness (QED) is 0.713. The maximum Gasteiger partial charge on any atom is 0.416 e. The van der Waals surface area contributed by atoms with Gasteiger partial charge in [0.05, 0.1) is 5.56 Å². The molecule has 88 valence electrons. The number of benzene rings is 1. The average molecular weight is 229 g/mol. The molecule has 0 aromatic heterocycles. The second kappa shape index (κ2) is 3.15. The molecule has 1 atom stereocenters. The van der Waals surface area contributed by atoms with Crippen LogP contribution < -0.4 is 5.32 Å². The Kier molecular flexibility index (Phi) is 2.23. The summed E-state index contributed by atoms with van der Waals surface area (Å²) in [4.78, 5) is 0. The molecule has 16 heavy (non-hydrogen) atoms. The SMILES string of the molecule is C[C@@H]1Nc2ccc(C(F)(F)F)cc2C1(C)C. The van der Waals surface area contributed by atoms with Gasteiger partial charge in [-0.3, -0.25) is 0 Å². The first kappa shape index (κ1) is 11.3. The largest absolute Gasteiger partial charge is 0.416 e. The number of fused-ring (bicyclic) bond motifs is 1. The average Bonchev–Trinajstić information content (AvgIpc) is 2.37. The van der Waals surface area contributed by atoms with Gasteiger partial charge in [0.25, 0.3) is 0 Å². The van der Waals surface area contributed by atoms with Crippen LogP contribution in [0.25, 0.3) is 0 Å². The van der Waals surface area contributed by atoms with Crippen molar-refractivity contribution in [1.29, 1.82) is 0 Å². The van der Waals surface area contributed by atoms with Crippen molar-refractivity contribution in [3.63, 3.8) is 0 Å². The summed E-state index contributed by atoms with van der Waals surface area (Å²) in [6.45, 7) is 5.89. The first-order valence-electron chi connectivity index (χ1n) is 5.21. The van der Waals surface area contributed by atoms with Gasteiger partial charge in [-0.15, -0.1) is 0 Å². The lowest BCUT2D eigenvalue weighted by Gasteiger charge is -2.24. The van der Waals surface area contributed by atoms with Gasteiger partial charge in [-0.2, -0.15) is 13.2 Å². The van der Waals surface area contributed by atoms with Crippen LogP contribution in [0.1, 0.15) is 31.9 Å². The number of hydrogen-bond donors (Lipinski definition) is 1. The Labute approximate surface area is 92.7 Å². The Morgan fingerprint density at radius 1 is 1.25 bits per heavy atom. The van der Waals surface area contributed by atoms with E-state index in [1.807, 2.05) is 20.8 Å². The topological polar surface area (TPSA) is 12.0 Å². The Hall–Kier alpha value is -1.19. The lowest BCUT2D eigenvalue weighted by atomic mass is 9.81. The van der Waals surface area contributed by atoms with Crippen molar-refractivity contribution in [2.24, 2.45) is 0 Å². The van der Waals surface area contributed by atoms with Crippen LogP contribution in [0.4, 0.5) is 18.9 Å². The third-order valence-electron chi connectivity index (χ3n) is 3.50. The van der Waals surface area contributed by atoms with Gasteiger partial charge in [-0.1, -0.05) is 13.8 Å². The van der Waals surface area contributed by atoms with Gasteiger partial charge in [0.2, 0.25) is 0 Å². The van der Waals surface area contributed by atoms with Gasteiger partial charge in [-0.05, 0) is 30.7 Å². The normalized spacial score (nSPS) is 22.8. The molecule has 0 bridgehead atoms. The first-order chi connectivity index (χ1) is 7.23. The molecule has 0 aliphatic carbocycles. The van der Waals surface area contributed by atoms with Crippen molar-refractivity contribution in [3.8, 4) is 0 Å². The molecular weight excluding hydrogens is 215 g/mol. The maximum absolute atomic E-state index is 12.6. The predicted octanol–water partition coefficient (Wildman–Crippen LogP) is 3.80. The molecule has 1 aromatic rings. The molecule has 0 amide bonds. The lowest BCUT2D eigenvalue weighted by molar-refractivity contribution is -0.137. The van der Waals surface area contributed by atoms with Crippen molar-refractivity contribution in [2.45, 2.75) is 38.4 Å². The van der Waals surface area contributed by atoms with Gasteiger partial charge in [-0.25, -0.2) is 0 Å². The molecule has 1 nitrogen and oxygen atoms in total. The summed E-state index contributed by atoms with van der Waals surface area (Å²) in [5.74, 6) is 0. The zero-order chi connectivity index (χ0) is 12.1. The molecule has 1 N–H and O–H groups in total. The van der Waals surface area contributed by atoms with Crippen molar-refractivity contribution >= 4 is 5.69 Å². The fourth-order valence-electron chi connectivity index (χ4n) is 2.03. The lowest BCUT2D eigenvalue weighted by Crippen LogP contribution is -2.30. The number of nitrogens with one attached hydrogen (secondary N) is 1. The molecule has 4 heteroatoms. The van der Waals surface area contributed by atoms with Gasteiger partial charge < -0.3 is 5.32 Å². The minimum absolute atomic E-state index is 0.144. The Balaban J connectivity index is 2.53. The summed E-state index contributed by atoms with van der Waals surface area (Å²) in [7, 11) is 0. The van der Waals surface area contributed by atoms with Crippen LogP contribution in [-0.4, -0.2) is 6.04 Å². The van der Waals surface area contributed by atoms with E-state index in [2.05, 4.69) is 5.32 Å². The van der Waals surface area contributed by atoms with E-state index in [-0.39, 0.29) is 11.5 Å². The van der Waals surface area contributed by atoms with E-state index in [1.165, 1.54) is 12.1 Å². The first-order valence-corrected chi connectivity index (χ1v) is 5.21. The third-order valence-corrected chi connectivity index (χ3v) is 3.50. The number of anilines is 1. The highest BCUT2D eigenvalue weighted by Crippen LogP contribution is 2.43. The molecule has 1 aliphatic heterocycles. The van der Waals surface area contributed by atoms with Crippen LogP contribution in [0.5, 0.6) is 0 Å². The van der Waals surface area contributed by atoms with E-state index < -0.39 is 11.7 Å². The van der Waals surface area contributed by atoms with E-state index in [0.29, 0.717) is 0 Å². The Bertz CT molecular complexity index is 421. The predicted molar refractivity (Wildman–Crippen MR) is 57.6 cm³/mol.